The van der Waals surface area contributed by atoms with Gasteiger partial charge in [0.15, 0.2) is 0 Å². The van der Waals surface area contributed by atoms with Crippen molar-refractivity contribution in [3.8, 4) is 12.1 Å². The van der Waals surface area contributed by atoms with Gasteiger partial charge in [-0.3, -0.25) is 0 Å². The fraction of sp³-hybridized carbons (Fsp3) is 0.154. The van der Waals surface area contributed by atoms with Crippen molar-refractivity contribution in [1.82, 2.24) is 0 Å². The van der Waals surface area contributed by atoms with Crippen LogP contribution in [0.3, 0.4) is 0 Å². The molecule has 8 nitrogen and oxygen atoms in total. The Bertz CT molecular complexity index is 1390. The summed E-state index contributed by atoms with van der Waals surface area (Å²) in [4.78, 5) is 25.3. The van der Waals surface area contributed by atoms with E-state index in [1.807, 2.05) is 12.1 Å². The Kier molecular flexibility index (Phi) is 13.6. The topological polar surface area (TPSA) is 152 Å². The molecule has 0 heterocycles. The normalized spacial score (nSPS) is 12.7. The van der Waals surface area contributed by atoms with Crippen molar-refractivity contribution >= 4 is 88.5 Å². The molecule has 202 valence electrons. The highest BCUT2D eigenvalue weighted by Gasteiger charge is 2.24. The van der Waals surface area contributed by atoms with Gasteiger partial charge in [0.05, 0.1) is 24.6 Å². The quantitative estimate of drug-likeness (QED) is 0.111. The molecular weight excluding hydrogens is 688 g/mol. The predicted octanol–water partition coefficient (Wildman–Crippen LogP) is 6.67. The van der Waals surface area contributed by atoms with Gasteiger partial charge < -0.3 is 20.9 Å². The molecule has 0 aliphatic heterocycles. The number of nitriles is 2. The standard InChI is InChI=1S/C26H22Br2N4O4S3/c1-3-35-25(33)23(21(31)15-5-9-17(27)10-6-15)37-19(13-29)20(14-30)38-39-24(26(34)36-4-2)22(32)16-7-11-18(28)12-8-16/h5-12H,3-4,31-32H2,1-2H3/b20-19-,23-21+,24-22+. The Morgan fingerprint density at radius 3 is 1.56 bits per heavy atom. The fourth-order valence-electron chi connectivity index (χ4n) is 2.72. The van der Waals surface area contributed by atoms with E-state index in [2.05, 4.69) is 31.9 Å². The molecule has 39 heavy (non-hydrogen) atoms. The van der Waals surface area contributed by atoms with Crippen LogP contribution in [0.4, 0.5) is 0 Å². The van der Waals surface area contributed by atoms with Crippen LogP contribution in [-0.2, 0) is 19.1 Å². The molecule has 0 fully saturated rings. The van der Waals surface area contributed by atoms with Gasteiger partial charge in [-0.2, -0.15) is 10.5 Å². The second-order valence-corrected chi connectivity index (χ2v) is 12.1. The molecule has 0 radical (unpaired) electrons. The van der Waals surface area contributed by atoms with Crippen molar-refractivity contribution in [1.29, 1.82) is 10.5 Å². The number of benzene rings is 2. The van der Waals surface area contributed by atoms with E-state index in [9.17, 15) is 20.1 Å². The molecule has 0 aliphatic carbocycles. The molecule has 0 amide bonds. The third-order valence-electron chi connectivity index (χ3n) is 4.54. The highest BCUT2D eigenvalue weighted by Crippen LogP contribution is 2.43. The summed E-state index contributed by atoms with van der Waals surface area (Å²) in [5.74, 6) is -1.41. The Morgan fingerprint density at radius 2 is 1.15 bits per heavy atom. The minimum Gasteiger partial charge on any atom is -0.462 e. The number of carbonyl (C=O) groups excluding carboxylic acids is 2. The molecule has 2 rings (SSSR count). The molecular formula is C26H22Br2N4O4S3. The van der Waals surface area contributed by atoms with Crippen molar-refractivity contribution in [2.75, 3.05) is 13.2 Å². The van der Waals surface area contributed by atoms with E-state index in [0.717, 1.165) is 30.5 Å². The summed E-state index contributed by atoms with van der Waals surface area (Å²) in [6.45, 7) is 3.50. The number of nitrogens with two attached hydrogens (primary N) is 2. The molecule has 2 aromatic carbocycles. The lowest BCUT2D eigenvalue weighted by molar-refractivity contribution is -0.138. The zero-order valence-electron chi connectivity index (χ0n) is 20.7. The lowest BCUT2D eigenvalue weighted by Crippen LogP contribution is -2.12. The van der Waals surface area contributed by atoms with E-state index in [1.165, 1.54) is 0 Å². The Morgan fingerprint density at radius 1 is 0.744 bits per heavy atom. The van der Waals surface area contributed by atoms with Crippen molar-refractivity contribution in [3.63, 3.8) is 0 Å². The predicted molar refractivity (Wildman–Crippen MR) is 165 cm³/mol. The molecule has 0 saturated heterocycles. The number of rotatable bonds is 11. The lowest BCUT2D eigenvalue weighted by atomic mass is 10.1. The summed E-state index contributed by atoms with van der Waals surface area (Å²) in [7, 11) is 1.72. The summed E-state index contributed by atoms with van der Waals surface area (Å²) in [5, 5.41) is 19.8. The number of esters is 2. The monoisotopic (exact) mass is 708 g/mol. The number of carbonyl (C=O) groups is 2. The Hall–Kier alpha value is -2.81. The van der Waals surface area contributed by atoms with Gasteiger partial charge in [0, 0.05) is 8.95 Å². The summed E-state index contributed by atoms with van der Waals surface area (Å²) < 4.78 is 12.0. The molecule has 0 saturated carbocycles. The minimum atomic E-state index is -0.739. The average Bonchev–Trinajstić information content (AvgIpc) is 2.92. The largest absolute Gasteiger partial charge is 0.462 e. The van der Waals surface area contributed by atoms with E-state index in [-0.39, 0.29) is 44.2 Å². The lowest BCUT2D eigenvalue weighted by Gasteiger charge is -2.12. The molecule has 0 spiro atoms. The molecule has 0 unspecified atom stereocenters. The molecule has 0 aliphatic rings. The van der Waals surface area contributed by atoms with Crippen LogP contribution >= 0.6 is 65.2 Å². The van der Waals surface area contributed by atoms with Gasteiger partial charge in [0.2, 0.25) is 0 Å². The summed E-state index contributed by atoms with van der Waals surface area (Å²) >= 11 is 7.42. The smallest absolute Gasteiger partial charge is 0.347 e. The molecule has 4 N–H and O–H groups in total. The number of ether oxygens (including phenoxy) is 2. The zero-order chi connectivity index (χ0) is 28.9. The van der Waals surface area contributed by atoms with Gasteiger partial charge >= 0.3 is 11.9 Å². The number of hydrogen-bond acceptors (Lipinski definition) is 11. The number of nitrogens with zero attached hydrogens (tertiary/aromatic N) is 2. The number of thioether (sulfide) groups is 1. The van der Waals surface area contributed by atoms with Crippen molar-refractivity contribution in [3.05, 3.63) is 88.2 Å². The third kappa shape index (κ3) is 9.41. The van der Waals surface area contributed by atoms with E-state index < -0.39 is 11.9 Å². The Labute approximate surface area is 255 Å². The van der Waals surface area contributed by atoms with Gasteiger partial charge in [0.1, 0.15) is 31.8 Å². The van der Waals surface area contributed by atoms with Gasteiger partial charge in [-0.15, -0.1) is 0 Å². The van der Waals surface area contributed by atoms with Crippen LogP contribution in [0.25, 0.3) is 11.4 Å². The van der Waals surface area contributed by atoms with Crippen LogP contribution in [0.5, 0.6) is 0 Å². The van der Waals surface area contributed by atoms with Crippen LogP contribution < -0.4 is 11.5 Å². The molecule has 0 aromatic heterocycles. The van der Waals surface area contributed by atoms with Crippen LogP contribution in [0.15, 0.2) is 77.1 Å². The van der Waals surface area contributed by atoms with Crippen LogP contribution in [0, 0.1) is 22.7 Å². The van der Waals surface area contributed by atoms with Crippen LogP contribution in [0.2, 0.25) is 0 Å². The summed E-state index contributed by atoms with van der Waals surface area (Å²) in [5.41, 5.74) is 13.9. The number of allylic oxidation sites excluding steroid dienone is 2. The first-order chi connectivity index (χ1) is 18.7. The van der Waals surface area contributed by atoms with Gasteiger partial charge in [-0.05, 0) is 70.8 Å². The molecule has 13 heteroatoms. The van der Waals surface area contributed by atoms with Crippen LogP contribution in [0.1, 0.15) is 25.0 Å². The zero-order valence-corrected chi connectivity index (χ0v) is 26.3. The van der Waals surface area contributed by atoms with Crippen molar-refractivity contribution < 1.29 is 19.1 Å². The summed E-state index contributed by atoms with van der Waals surface area (Å²) in [6, 6.07) is 17.8. The van der Waals surface area contributed by atoms with Gasteiger partial charge in [-0.1, -0.05) is 67.9 Å². The highest BCUT2D eigenvalue weighted by atomic mass is 79.9. The third-order valence-corrected chi connectivity index (χ3v) is 9.17. The van der Waals surface area contributed by atoms with Gasteiger partial charge in [-0.25, -0.2) is 9.59 Å². The maximum Gasteiger partial charge on any atom is 0.347 e. The first kappa shape index (κ1) is 32.4. The molecule has 0 bridgehead atoms. The van der Waals surface area contributed by atoms with E-state index in [4.69, 9.17) is 20.9 Å². The average molecular weight is 710 g/mol. The summed E-state index contributed by atoms with van der Waals surface area (Å²) in [6.07, 6.45) is 0. The SMILES string of the molecule is CCOC(=O)/C(SS/C(C#N)=C(/C#N)S/C(C(=O)OCC)=C(/N)c1ccc(Br)cc1)=C(\N)c1ccc(Br)cc1. The van der Waals surface area contributed by atoms with Crippen molar-refractivity contribution in [2.24, 2.45) is 11.5 Å². The second-order valence-electron chi connectivity index (χ2n) is 7.09. The number of hydrogen-bond donors (Lipinski definition) is 2. The maximum atomic E-state index is 12.8. The Balaban J connectivity index is 2.50. The highest BCUT2D eigenvalue weighted by molar-refractivity contribution is 9.10. The molecule has 0 atom stereocenters. The number of halogens is 2. The second kappa shape index (κ2) is 16.3. The van der Waals surface area contributed by atoms with E-state index in [0.29, 0.717) is 22.9 Å². The first-order valence-corrected chi connectivity index (χ1v) is 15.6. The maximum absolute atomic E-state index is 12.8. The minimum absolute atomic E-state index is 0.0507. The van der Waals surface area contributed by atoms with E-state index >= 15 is 0 Å². The van der Waals surface area contributed by atoms with E-state index in [1.54, 1.807) is 62.4 Å². The fourth-order valence-corrected chi connectivity index (χ4v) is 6.41. The first-order valence-electron chi connectivity index (χ1n) is 11.1. The molecule has 2 aromatic rings. The van der Waals surface area contributed by atoms with Crippen molar-refractivity contribution in [2.45, 2.75) is 13.8 Å². The van der Waals surface area contributed by atoms with Gasteiger partial charge in [0.25, 0.3) is 0 Å². The van der Waals surface area contributed by atoms with Crippen LogP contribution in [-0.4, -0.2) is 25.2 Å².